The summed E-state index contributed by atoms with van der Waals surface area (Å²) in [5.41, 5.74) is 2.44. The van der Waals surface area contributed by atoms with Gasteiger partial charge in [0.05, 0.1) is 29.2 Å². The molecule has 0 unspecified atom stereocenters. The van der Waals surface area contributed by atoms with Crippen molar-refractivity contribution in [2.24, 2.45) is 0 Å². The van der Waals surface area contributed by atoms with Crippen LogP contribution in [0.4, 0.5) is 10.1 Å². The molecular formula is C24H25ClFN5O2. The van der Waals surface area contributed by atoms with E-state index in [1.165, 1.54) is 12.1 Å². The lowest BCUT2D eigenvalue weighted by Crippen LogP contribution is -2.41. The van der Waals surface area contributed by atoms with E-state index in [1.807, 2.05) is 25.1 Å². The van der Waals surface area contributed by atoms with E-state index in [9.17, 15) is 14.0 Å². The lowest BCUT2D eigenvalue weighted by Gasteiger charge is -2.35. The van der Waals surface area contributed by atoms with Crippen LogP contribution in [0, 0.1) is 5.82 Å². The van der Waals surface area contributed by atoms with Crippen molar-refractivity contribution in [1.29, 1.82) is 0 Å². The van der Waals surface area contributed by atoms with Crippen molar-refractivity contribution in [2.75, 3.05) is 31.5 Å². The number of fused-ring (bicyclic) bond motifs is 2. The largest absolute Gasteiger partial charge is 0.374 e. The van der Waals surface area contributed by atoms with E-state index in [4.69, 9.17) is 11.6 Å². The molecule has 1 aromatic heterocycles. The molecule has 9 heteroatoms. The lowest BCUT2D eigenvalue weighted by atomic mass is 9.93. The number of amides is 1. The number of nitrogens with one attached hydrogen (secondary N) is 3. The van der Waals surface area contributed by atoms with Crippen molar-refractivity contribution in [3.63, 3.8) is 0 Å². The van der Waals surface area contributed by atoms with Crippen LogP contribution in [0.2, 0.25) is 5.02 Å². The monoisotopic (exact) mass is 469 g/mol. The first-order valence-electron chi connectivity index (χ1n) is 11.2. The fraction of sp³-hybridized carbons (Fsp3) is 0.375. The molecule has 3 heterocycles. The van der Waals surface area contributed by atoms with Crippen molar-refractivity contribution < 1.29 is 9.18 Å². The van der Waals surface area contributed by atoms with Gasteiger partial charge in [-0.3, -0.25) is 9.59 Å². The molecule has 1 amide bonds. The Balaban J connectivity index is 1.34. The molecule has 3 N–H and O–H groups in total. The zero-order valence-electron chi connectivity index (χ0n) is 18.3. The maximum atomic E-state index is 14.7. The number of rotatable bonds is 4. The normalized spacial score (nSPS) is 20.2. The third-order valence-electron chi connectivity index (χ3n) is 6.65. The highest BCUT2D eigenvalue weighted by Crippen LogP contribution is 2.31. The summed E-state index contributed by atoms with van der Waals surface area (Å²) in [5, 5.41) is 7.05. The Bertz CT molecular complexity index is 1290. The molecule has 33 heavy (non-hydrogen) atoms. The van der Waals surface area contributed by atoms with Gasteiger partial charge < -0.3 is 20.5 Å². The molecule has 5 rings (SSSR count). The van der Waals surface area contributed by atoms with E-state index in [1.54, 1.807) is 4.90 Å². The van der Waals surface area contributed by atoms with Crippen LogP contribution in [0.15, 0.2) is 35.1 Å². The Morgan fingerprint density at radius 1 is 1.33 bits per heavy atom. The second kappa shape index (κ2) is 8.76. The third kappa shape index (κ3) is 4.20. The first-order chi connectivity index (χ1) is 15.9. The van der Waals surface area contributed by atoms with E-state index in [2.05, 4.69) is 20.6 Å². The number of halogens is 2. The summed E-state index contributed by atoms with van der Waals surface area (Å²) < 4.78 is 14.7. The Morgan fingerprint density at radius 3 is 2.97 bits per heavy atom. The molecule has 2 aliphatic heterocycles. The Labute approximate surface area is 195 Å². The smallest absolute Gasteiger partial charge is 0.258 e. The molecule has 2 aliphatic rings. The Morgan fingerprint density at radius 2 is 2.18 bits per heavy atom. The predicted octanol–water partition coefficient (Wildman–Crippen LogP) is 3.35. The summed E-state index contributed by atoms with van der Waals surface area (Å²) in [6, 6.07) is 8.33. The molecule has 0 radical (unpaired) electrons. The number of hydrogen-bond acceptors (Lipinski definition) is 5. The van der Waals surface area contributed by atoms with Gasteiger partial charge in [-0.15, -0.1) is 0 Å². The van der Waals surface area contributed by atoms with Gasteiger partial charge in [-0.25, -0.2) is 9.37 Å². The van der Waals surface area contributed by atoms with Gasteiger partial charge in [0, 0.05) is 24.0 Å². The molecular weight excluding hydrogens is 445 g/mol. The molecule has 2 aromatic carbocycles. The van der Waals surface area contributed by atoms with Crippen molar-refractivity contribution in [1.82, 2.24) is 20.2 Å². The van der Waals surface area contributed by atoms with Gasteiger partial charge in [-0.05, 0) is 61.7 Å². The van der Waals surface area contributed by atoms with Crippen LogP contribution in [-0.4, -0.2) is 47.0 Å². The highest BCUT2D eigenvalue weighted by molar-refractivity contribution is 6.30. The van der Waals surface area contributed by atoms with Crippen molar-refractivity contribution >= 4 is 34.1 Å². The van der Waals surface area contributed by atoms with Gasteiger partial charge >= 0.3 is 0 Å². The Kier molecular flexibility index (Phi) is 5.80. The van der Waals surface area contributed by atoms with E-state index in [0.717, 1.165) is 37.1 Å². The van der Waals surface area contributed by atoms with Crippen LogP contribution in [0.5, 0.6) is 0 Å². The summed E-state index contributed by atoms with van der Waals surface area (Å²) in [7, 11) is 0. The molecule has 0 aliphatic carbocycles. The van der Waals surface area contributed by atoms with Crippen LogP contribution >= 0.6 is 11.6 Å². The highest BCUT2D eigenvalue weighted by Gasteiger charge is 2.27. The summed E-state index contributed by atoms with van der Waals surface area (Å²) >= 11 is 6.10. The number of carbonyl (C=O) groups is 1. The van der Waals surface area contributed by atoms with E-state index >= 15 is 0 Å². The second-order valence-corrected chi connectivity index (χ2v) is 9.14. The number of aromatic nitrogens is 2. The minimum absolute atomic E-state index is 0.0573. The van der Waals surface area contributed by atoms with Crippen molar-refractivity contribution in [3.05, 3.63) is 68.5 Å². The number of benzene rings is 2. The molecule has 1 saturated heterocycles. The number of hydrogen-bond donors (Lipinski definition) is 3. The van der Waals surface area contributed by atoms with Crippen LogP contribution < -0.4 is 16.2 Å². The number of anilines is 1. The van der Waals surface area contributed by atoms with Crippen LogP contribution in [0.3, 0.4) is 0 Å². The summed E-state index contributed by atoms with van der Waals surface area (Å²) in [6.07, 6.45) is 1.61. The first kappa shape index (κ1) is 21.9. The minimum atomic E-state index is -0.593. The SMILES string of the molecule is C[C@H]1c2ccc(Cl)cc2CCN1C(=O)CNc1cc2nc([C@@H]3CCNC3)[nH]c(=O)c2cc1F. The molecule has 7 nitrogen and oxygen atoms in total. The molecule has 0 saturated carbocycles. The standard InChI is InChI=1S/C24H25ClFN5O2/c1-13-17-3-2-16(25)8-14(17)5-7-31(13)22(32)12-28-21-10-20-18(9-19(21)26)24(33)30-23(29-20)15-4-6-27-11-15/h2-3,8-10,13,15,27-28H,4-7,11-12H2,1H3,(H,29,30,33)/t13-,15+/m0/s1. The predicted molar refractivity (Wildman–Crippen MR) is 126 cm³/mol. The zero-order valence-corrected chi connectivity index (χ0v) is 19.0. The molecule has 1 fully saturated rings. The van der Waals surface area contributed by atoms with Crippen LogP contribution in [0.1, 0.15) is 42.3 Å². The fourth-order valence-electron chi connectivity index (χ4n) is 4.81. The van der Waals surface area contributed by atoms with Crippen molar-refractivity contribution in [3.8, 4) is 0 Å². The zero-order chi connectivity index (χ0) is 23.1. The lowest BCUT2D eigenvalue weighted by molar-refractivity contribution is -0.131. The van der Waals surface area contributed by atoms with Crippen LogP contribution in [-0.2, 0) is 11.2 Å². The quantitative estimate of drug-likeness (QED) is 0.545. The molecule has 172 valence electrons. The van der Waals surface area contributed by atoms with Crippen LogP contribution in [0.25, 0.3) is 10.9 Å². The van der Waals surface area contributed by atoms with Gasteiger partial charge in [-0.1, -0.05) is 17.7 Å². The number of H-pyrrole nitrogens is 1. The second-order valence-electron chi connectivity index (χ2n) is 8.70. The van der Waals surface area contributed by atoms with Gasteiger partial charge in [0.2, 0.25) is 5.91 Å². The molecule has 2 atom stereocenters. The average Bonchev–Trinajstić information content (AvgIpc) is 3.33. The number of aromatic amines is 1. The van der Waals surface area contributed by atoms with E-state index < -0.39 is 5.82 Å². The average molecular weight is 470 g/mol. The number of nitrogens with zero attached hydrogens (tertiary/aromatic N) is 2. The molecule has 3 aromatic rings. The van der Waals surface area contributed by atoms with Gasteiger partial charge in [0.1, 0.15) is 11.6 Å². The fourth-order valence-corrected chi connectivity index (χ4v) is 5.00. The first-order valence-corrected chi connectivity index (χ1v) is 11.5. The topological polar surface area (TPSA) is 90.1 Å². The highest BCUT2D eigenvalue weighted by atomic mass is 35.5. The summed E-state index contributed by atoms with van der Waals surface area (Å²) in [4.78, 5) is 34.6. The third-order valence-corrected chi connectivity index (χ3v) is 6.89. The summed E-state index contributed by atoms with van der Waals surface area (Å²) in [5.74, 6) is 0.0132. The number of carbonyl (C=O) groups excluding carboxylic acids is 1. The van der Waals surface area contributed by atoms with Gasteiger partial charge in [-0.2, -0.15) is 0 Å². The Hall–Kier alpha value is -2.97. The maximum Gasteiger partial charge on any atom is 0.258 e. The maximum absolute atomic E-state index is 14.7. The molecule has 0 bridgehead atoms. The van der Waals surface area contributed by atoms with E-state index in [-0.39, 0.29) is 41.0 Å². The van der Waals surface area contributed by atoms with Crippen molar-refractivity contribution in [2.45, 2.75) is 31.7 Å². The molecule has 0 spiro atoms. The minimum Gasteiger partial charge on any atom is -0.374 e. The van der Waals surface area contributed by atoms with Gasteiger partial charge in [0.25, 0.3) is 5.56 Å². The van der Waals surface area contributed by atoms with Gasteiger partial charge in [0.15, 0.2) is 0 Å². The van der Waals surface area contributed by atoms with E-state index in [0.29, 0.717) is 22.9 Å². The summed E-state index contributed by atoms with van der Waals surface area (Å²) in [6.45, 7) is 4.12.